The van der Waals surface area contributed by atoms with E-state index in [-0.39, 0.29) is 5.91 Å². The fraction of sp³-hybridized carbons (Fsp3) is 0.286. The Balaban J connectivity index is 0.000000438. The van der Waals surface area contributed by atoms with Crippen LogP contribution in [0.25, 0.3) is 0 Å². The molecule has 0 saturated carbocycles. The lowest BCUT2D eigenvalue weighted by Crippen LogP contribution is -2.48. The van der Waals surface area contributed by atoms with Gasteiger partial charge in [0.05, 0.1) is 6.42 Å². The van der Waals surface area contributed by atoms with Crippen LogP contribution in [-0.4, -0.2) is 64.0 Å². The van der Waals surface area contributed by atoms with Gasteiger partial charge in [-0.2, -0.15) is 0 Å². The second-order valence-corrected chi connectivity index (χ2v) is 6.93. The molecule has 0 radical (unpaired) electrons. The van der Waals surface area contributed by atoms with Crippen LogP contribution in [0, 0.1) is 0 Å². The highest BCUT2D eigenvalue weighted by Gasteiger charge is 2.21. The Morgan fingerprint density at radius 2 is 1.38 bits per heavy atom. The normalized spacial score (nSPS) is 13.9. The third kappa shape index (κ3) is 7.56. The second kappa shape index (κ2) is 11.2. The number of carbonyl (C=O) groups is 3. The van der Waals surface area contributed by atoms with E-state index in [0.717, 1.165) is 48.9 Å². The van der Waals surface area contributed by atoms with Gasteiger partial charge in [0, 0.05) is 37.7 Å². The molecule has 1 aliphatic heterocycles. The SMILES string of the molecule is O=C(Cc1ccccc1)N1CCN(Cc2ccccc2Cl)CC1.O=C(O)C(=O)O. The third-order valence-electron chi connectivity index (χ3n) is 4.46. The number of hydrogen-bond acceptors (Lipinski definition) is 4. The zero-order valence-electron chi connectivity index (χ0n) is 15.8. The molecule has 1 saturated heterocycles. The zero-order valence-corrected chi connectivity index (χ0v) is 16.6. The number of carboxylic acid groups (broad SMARTS) is 2. The highest BCUT2D eigenvalue weighted by atomic mass is 35.5. The van der Waals surface area contributed by atoms with Crippen molar-refractivity contribution >= 4 is 29.4 Å². The van der Waals surface area contributed by atoms with Crippen molar-refractivity contribution in [1.82, 2.24) is 9.80 Å². The van der Waals surface area contributed by atoms with E-state index in [4.69, 9.17) is 31.4 Å². The Bertz CT molecular complexity index is 824. The van der Waals surface area contributed by atoms with Crippen LogP contribution >= 0.6 is 11.6 Å². The van der Waals surface area contributed by atoms with E-state index in [0.29, 0.717) is 6.42 Å². The molecule has 1 aliphatic rings. The monoisotopic (exact) mass is 418 g/mol. The van der Waals surface area contributed by atoms with Crippen LogP contribution in [0.5, 0.6) is 0 Å². The van der Waals surface area contributed by atoms with Gasteiger partial charge in [0.1, 0.15) is 0 Å². The summed E-state index contributed by atoms with van der Waals surface area (Å²) in [7, 11) is 0. The van der Waals surface area contributed by atoms with Crippen molar-refractivity contribution in [3.63, 3.8) is 0 Å². The maximum Gasteiger partial charge on any atom is 0.414 e. The quantitative estimate of drug-likeness (QED) is 0.740. The first-order valence-electron chi connectivity index (χ1n) is 9.10. The van der Waals surface area contributed by atoms with E-state index in [1.165, 1.54) is 0 Å². The lowest BCUT2D eigenvalue weighted by Gasteiger charge is -2.35. The van der Waals surface area contributed by atoms with Crippen LogP contribution in [0.1, 0.15) is 11.1 Å². The molecule has 3 rings (SSSR count). The van der Waals surface area contributed by atoms with Gasteiger partial charge in [-0.3, -0.25) is 9.69 Å². The molecule has 1 fully saturated rings. The predicted octanol–water partition coefficient (Wildman–Crippen LogP) is 2.38. The highest BCUT2D eigenvalue weighted by Crippen LogP contribution is 2.18. The number of carbonyl (C=O) groups excluding carboxylic acids is 1. The van der Waals surface area contributed by atoms with Gasteiger partial charge in [0.15, 0.2) is 0 Å². The summed E-state index contributed by atoms with van der Waals surface area (Å²) in [5.41, 5.74) is 2.23. The Hall–Kier alpha value is -2.90. The maximum atomic E-state index is 12.4. The number of benzene rings is 2. The number of carboxylic acids is 2. The molecular weight excluding hydrogens is 396 g/mol. The molecule has 0 atom stereocenters. The summed E-state index contributed by atoms with van der Waals surface area (Å²) in [5.74, 6) is -3.43. The standard InChI is InChI=1S/C19H21ClN2O.C2H2O4/c20-18-9-5-4-8-17(18)15-21-10-12-22(13-11-21)19(23)14-16-6-2-1-3-7-16;3-1(4)2(5)6/h1-9H,10-15H2;(H,3,4)(H,5,6). The molecule has 1 heterocycles. The summed E-state index contributed by atoms with van der Waals surface area (Å²) in [6.45, 7) is 4.21. The topological polar surface area (TPSA) is 98.2 Å². The summed E-state index contributed by atoms with van der Waals surface area (Å²) in [4.78, 5) is 34.9. The van der Waals surface area contributed by atoms with Crippen molar-refractivity contribution in [1.29, 1.82) is 0 Å². The molecule has 1 amide bonds. The lowest BCUT2D eigenvalue weighted by atomic mass is 10.1. The Morgan fingerprint density at radius 3 is 1.93 bits per heavy atom. The smallest absolute Gasteiger partial charge is 0.414 e. The van der Waals surface area contributed by atoms with E-state index >= 15 is 0 Å². The molecule has 154 valence electrons. The Morgan fingerprint density at radius 1 is 0.828 bits per heavy atom. The average Bonchev–Trinajstić information content (AvgIpc) is 2.71. The first kappa shape index (κ1) is 22.4. The van der Waals surface area contributed by atoms with Gasteiger partial charge in [-0.1, -0.05) is 60.1 Å². The molecule has 29 heavy (non-hydrogen) atoms. The molecule has 2 aromatic rings. The molecule has 8 heteroatoms. The summed E-state index contributed by atoms with van der Waals surface area (Å²) in [6, 6.07) is 17.9. The van der Waals surface area contributed by atoms with Gasteiger partial charge < -0.3 is 15.1 Å². The number of nitrogens with zero attached hydrogens (tertiary/aromatic N) is 2. The fourth-order valence-corrected chi connectivity index (χ4v) is 3.10. The summed E-state index contributed by atoms with van der Waals surface area (Å²) >= 11 is 6.22. The van der Waals surface area contributed by atoms with E-state index in [2.05, 4.69) is 11.0 Å². The minimum Gasteiger partial charge on any atom is -0.473 e. The van der Waals surface area contributed by atoms with Crippen molar-refractivity contribution in [3.05, 3.63) is 70.7 Å². The Labute approximate surface area is 174 Å². The third-order valence-corrected chi connectivity index (χ3v) is 4.83. The minimum absolute atomic E-state index is 0.216. The highest BCUT2D eigenvalue weighted by molar-refractivity contribution is 6.31. The van der Waals surface area contributed by atoms with E-state index < -0.39 is 11.9 Å². The van der Waals surface area contributed by atoms with Gasteiger partial charge in [-0.25, -0.2) is 9.59 Å². The first-order chi connectivity index (χ1) is 13.9. The van der Waals surface area contributed by atoms with E-state index in [1.807, 2.05) is 53.4 Å². The fourth-order valence-electron chi connectivity index (χ4n) is 2.91. The van der Waals surface area contributed by atoms with Crippen molar-refractivity contribution in [2.24, 2.45) is 0 Å². The number of piperazine rings is 1. The largest absolute Gasteiger partial charge is 0.473 e. The molecule has 0 aliphatic carbocycles. The van der Waals surface area contributed by atoms with Gasteiger partial charge in [-0.15, -0.1) is 0 Å². The van der Waals surface area contributed by atoms with Crippen LogP contribution in [0.2, 0.25) is 5.02 Å². The summed E-state index contributed by atoms with van der Waals surface area (Å²) in [5, 5.41) is 15.6. The van der Waals surface area contributed by atoms with E-state index in [1.54, 1.807) is 0 Å². The molecule has 2 aromatic carbocycles. The molecule has 7 nitrogen and oxygen atoms in total. The maximum absolute atomic E-state index is 12.4. The molecule has 0 unspecified atom stereocenters. The summed E-state index contributed by atoms with van der Waals surface area (Å²) in [6.07, 6.45) is 0.491. The van der Waals surface area contributed by atoms with Crippen LogP contribution in [-0.2, 0) is 27.3 Å². The number of halogens is 1. The van der Waals surface area contributed by atoms with Crippen molar-refractivity contribution in [2.45, 2.75) is 13.0 Å². The number of aliphatic carboxylic acids is 2. The van der Waals surface area contributed by atoms with E-state index in [9.17, 15) is 4.79 Å². The number of amides is 1. The second-order valence-electron chi connectivity index (χ2n) is 6.52. The molecule has 2 N–H and O–H groups in total. The van der Waals surface area contributed by atoms with Crippen molar-refractivity contribution in [3.8, 4) is 0 Å². The number of rotatable bonds is 4. The first-order valence-corrected chi connectivity index (χ1v) is 9.48. The van der Waals surface area contributed by atoms with Crippen LogP contribution in [0.4, 0.5) is 0 Å². The predicted molar refractivity (Wildman–Crippen MR) is 109 cm³/mol. The lowest BCUT2D eigenvalue weighted by molar-refractivity contribution is -0.159. The number of hydrogen-bond donors (Lipinski definition) is 2. The molecular formula is C21H23ClN2O5. The summed E-state index contributed by atoms with van der Waals surface area (Å²) < 4.78 is 0. The van der Waals surface area contributed by atoms with Gasteiger partial charge in [0.2, 0.25) is 5.91 Å². The van der Waals surface area contributed by atoms with Gasteiger partial charge >= 0.3 is 11.9 Å². The van der Waals surface area contributed by atoms with Gasteiger partial charge in [0.25, 0.3) is 0 Å². The van der Waals surface area contributed by atoms with Crippen molar-refractivity contribution in [2.75, 3.05) is 26.2 Å². The molecule has 0 bridgehead atoms. The van der Waals surface area contributed by atoms with Gasteiger partial charge in [-0.05, 0) is 17.2 Å². The van der Waals surface area contributed by atoms with Crippen LogP contribution < -0.4 is 0 Å². The van der Waals surface area contributed by atoms with Crippen molar-refractivity contribution < 1.29 is 24.6 Å². The zero-order chi connectivity index (χ0) is 21.2. The van der Waals surface area contributed by atoms with Crippen LogP contribution in [0.15, 0.2) is 54.6 Å². The molecule has 0 spiro atoms. The molecule has 0 aromatic heterocycles. The Kier molecular flexibility index (Phi) is 8.64. The average molecular weight is 419 g/mol. The van der Waals surface area contributed by atoms with Crippen LogP contribution in [0.3, 0.4) is 0 Å². The minimum atomic E-state index is -1.82.